The highest BCUT2D eigenvalue weighted by molar-refractivity contribution is 7.12. The van der Waals surface area contributed by atoms with E-state index in [1.54, 1.807) is 0 Å². The Morgan fingerprint density at radius 2 is 2.30 bits per heavy atom. The molecule has 1 heterocycles. The van der Waals surface area contributed by atoms with Gasteiger partial charge in [-0.25, -0.2) is 0 Å². The van der Waals surface area contributed by atoms with Crippen molar-refractivity contribution in [3.05, 3.63) is 21.9 Å². The average Bonchev–Trinajstić information content (AvgIpc) is 3.09. The zero-order chi connectivity index (χ0) is 14.6. The zero-order valence-corrected chi connectivity index (χ0v) is 12.8. The number of carbonyl (C=O) groups excluding carboxylic acids is 1. The summed E-state index contributed by atoms with van der Waals surface area (Å²) >= 11 is 1.42. The van der Waals surface area contributed by atoms with Crippen LogP contribution in [0.2, 0.25) is 0 Å². The fraction of sp³-hybridized carbons (Fsp3) is 0.562. The summed E-state index contributed by atoms with van der Waals surface area (Å²) in [6.07, 6.45) is 2.85. The van der Waals surface area contributed by atoms with E-state index in [1.807, 2.05) is 11.4 Å². The number of hydrogen-bond donors (Lipinski definition) is 2. The molecule has 1 amide bonds. The van der Waals surface area contributed by atoms with Crippen LogP contribution in [0.5, 0.6) is 0 Å². The Kier molecular flexibility index (Phi) is 4.85. The van der Waals surface area contributed by atoms with Crippen molar-refractivity contribution >= 4 is 17.2 Å². The van der Waals surface area contributed by atoms with Gasteiger partial charge in [0.1, 0.15) is 4.88 Å². The minimum atomic E-state index is -0.0276. The molecule has 1 fully saturated rings. The molecule has 0 spiro atoms. The van der Waals surface area contributed by atoms with Crippen molar-refractivity contribution in [1.82, 2.24) is 5.32 Å². The van der Waals surface area contributed by atoms with Gasteiger partial charge in [0.05, 0.1) is 6.61 Å². The fourth-order valence-electron chi connectivity index (χ4n) is 2.25. The Bertz CT molecular complexity index is 532. The van der Waals surface area contributed by atoms with Crippen molar-refractivity contribution in [1.29, 1.82) is 0 Å². The van der Waals surface area contributed by atoms with Crippen LogP contribution < -0.4 is 5.32 Å². The fourth-order valence-corrected chi connectivity index (χ4v) is 3.02. The molecule has 1 saturated carbocycles. The van der Waals surface area contributed by atoms with Gasteiger partial charge in [-0.3, -0.25) is 4.79 Å². The van der Waals surface area contributed by atoms with Gasteiger partial charge < -0.3 is 10.4 Å². The van der Waals surface area contributed by atoms with Crippen LogP contribution in [0.4, 0.5) is 0 Å². The van der Waals surface area contributed by atoms with Crippen LogP contribution >= 0.6 is 11.3 Å². The van der Waals surface area contributed by atoms with Crippen LogP contribution in [0.15, 0.2) is 11.4 Å². The van der Waals surface area contributed by atoms with Crippen LogP contribution in [0.1, 0.15) is 48.3 Å². The largest absolute Gasteiger partial charge is 0.395 e. The first-order chi connectivity index (χ1) is 9.59. The number of rotatable bonds is 5. The molecule has 1 aliphatic rings. The number of nitrogens with one attached hydrogen (secondary N) is 1. The molecular formula is C16H21NO2S. The number of aliphatic hydroxyl groups excluding tert-OH is 1. The van der Waals surface area contributed by atoms with E-state index in [9.17, 15) is 4.79 Å². The lowest BCUT2D eigenvalue weighted by atomic mass is 9.92. The SMILES string of the molecule is CC(C)C1(CNC(=O)c2sccc2C#CCCO)CC1. The van der Waals surface area contributed by atoms with Gasteiger partial charge in [0.2, 0.25) is 0 Å². The highest BCUT2D eigenvalue weighted by Crippen LogP contribution is 2.51. The lowest BCUT2D eigenvalue weighted by Crippen LogP contribution is -2.32. The molecule has 0 unspecified atom stereocenters. The van der Waals surface area contributed by atoms with Crippen molar-refractivity contribution in [2.45, 2.75) is 33.1 Å². The van der Waals surface area contributed by atoms with E-state index in [-0.39, 0.29) is 12.5 Å². The molecule has 2 N–H and O–H groups in total. The second kappa shape index (κ2) is 6.43. The van der Waals surface area contributed by atoms with E-state index in [0.717, 1.165) is 12.1 Å². The summed E-state index contributed by atoms with van der Waals surface area (Å²) < 4.78 is 0. The molecule has 1 aliphatic carbocycles. The van der Waals surface area contributed by atoms with Gasteiger partial charge in [-0.05, 0) is 35.6 Å². The molecule has 0 aromatic carbocycles. The second-order valence-electron chi connectivity index (χ2n) is 5.64. The molecule has 2 rings (SSSR count). The maximum Gasteiger partial charge on any atom is 0.262 e. The van der Waals surface area contributed by atoms with Crippen LogP contribution in [0.3, 0.4) is 0 Å². The summed E-state index contributed by atoms with van der Waals surface area (Å²) in [6.45, 7) is 5.24. The first-order valence-electron chi connectivity index (χ1n) is 7.04. The van der Waals surface area contributed by atoms with Gasteiger partial charge in [-0.1, -0.05) is 25.7 Å². The second-order valence-corrected chi connectivity index (χ2v) is 6.55. The van der Waals surface area contributed by atoms with Crippen molar-refractivity contribution in [2.24, 2.45) is 11.3 Å². The molecule has 0 radical (unpaired) electrons. The first-order valence-corrected chi connectivity index (χ1v) is 7.92. The molecule has 0 atom stereocenters. The van der Waals surface area contributed by atoms with E-state index >= 15 is 0 Å². The van der Waals surface area contributed by atoms with Crippen LogP contribution in [-0.2, 0) is 0 Å². The van der Waals surface area contributed by atoms with E-state index in [0.29, 0.717) is 22.6 Å². The van der Waals surface area contributed by atoms with Gasteiger partial charge >= 0.3 is 0 Å². The van der Waals surface area contributed by atoms with E-state index in [1.165, 1.54) is 24.2 Å². The van der Waals surface area contributed by atoms with Crippen molar-refractivity contribution < 1.29 is 9.90 Å². The third-order valence-corrected chi connectivity index (χ3v) is 4.96. The predicted octanol–water partition coefficient (Wildman–Crippen LogP) is 2.65. The maximum atomic E-state index is 12.2. The van der Waals surface area contributed by atoms with E-state index < -0.39 is 0 Å². The van der Waals surface area contributed by atoms with Crippen LogP contribution in [0.25, 0.3) is 0 Å². The third-order valence-electron chi connectivity index (χ3n) is 4.05. The topological polar surface area (TPSA) is 49.3 Å². The summed E-state index contributed by atoms with van der Waals surface area (Å²) in [5.41, 5.74) is 1.07. The van der Waals surface area contributed by atoms with Gasteiger partial charge in [0, 0.05) is 18.5 Å². The Morgan fingerprint density at radius 1 is 1.55 bits per heavy atom. The molecule has 1 aromatic heterocycles. The summed E-state index contributed by atoms with van der Waals surface area (Å²) in [4.78, 5) is 12.9. The lowest BCUT2D eigenvalue weighted by molar-refractivity contribution is 0.0943. The highest BCUT2D eigenvalue weighted by Gasteiger charge is 2.45. The maximum absolute atomic E-state index is 12.2. The Morgan fingerprint density at radius 3 is 2.90 bits per heavy atom. The zero-order valence-electron chi connectivity index (χ0n) is 12.0. The number of amides is 1. The molecule has 20 heavy (non-hydrogen) atoms. The summed E-state index contributed by atoms with van der Waals surface area (Å²) in [5.74, 6) is 6.39. The molecule has 1 aromatic rings. The smallest absolute Gasteiger partial charge is 0.262 e. The Balaban J connectivity index is 1.97. The highest BCUT2D eigenvalue weighted by atomic mass is 32.1. The first kappa shape index (κ1) is 15.1. The normalized spacial score (nSPS) is 15.6. The molecule has 4 heteroatoms. The van der Waals surface area contributed by atoms with Crippen molar-refractivity contribution in [2.75, 3.05) is 13.2 Å². The van der Waals surface area contributed by atoms with Crippen LogP contribution in [-0.4, -0.2) is 24.2 Å². The van der Waals surface area contributed by atoms with Gasteiger partial charge in [0.15, 0.2) is 0 Å². The van der Waals surface area contributed by atoms with Gasteiger partial charge in [0.25, 0.3) is 5.91 Å². The molecule has 108 valence electrons. The minimum Gasteiger partial charge on any atom is -0.395 e. The predicted molar refractivity (Wildman–Crippen MR) is 81.7 cm³/mol. The molecule has 0 bridgehead atoms. The van der Waals surface area contributed by atoms with Gasteiger partial charge in [-0.15, -0.1) is 11.3 Å². The quantitative estimate of drug-likeness (QED) is 0.819. The monoisotopic (exact) mass is 291 g/mol. The molecule has 0 saturated heterocycles. The third kappa shape index (κ3) is 3.41. The van der Waals surface area contributed by atoms with Crippen molar-refractivity contribution in [3.63, 3.8) is 0 Å². The standard InChI is InChI=1S/C16H21NO2S/c1-12(2)16(7-8-16)11-17-15(19)14-13(6-10-20-14)5-3-4-9-18/h6,10,12,18H,4,7-9,11H2,1-2H3,(H,17,19). The summed E-state index contributed by atoms with van der Waals surface area (Å²) in [7, 11) is 0. The Labute approximate surface area is 124 Å². The number of hydrogen-bond acceptors (Lipinski definition) is 3. The molecule has 0 aliphatic heterocycles. The average molecular weight is 291 g/mol. The number of thiophene rings is 1. The van der Waals surface area contributed by atoms with Gasteiger partial charge in [-0.2, -0.15) is 0 Å². The molecule has 3 nitrogen and oxygen atoms in total. The van der Waals surface area contributed by atoms with Crippen LogP contribution in [0, 0.1) is 23.2 Å². The number of carbonyl (C=O) groups is 1. The van der Waals surface area contributed by atoms with E-state index in [4.69, 9.17) is 5.11 Å². The minimum absolute atomic E-state index is 0.0276. The Hall–Kier alpha value is -1.31. The summed E-state index contributed by atoms with van der Waals surface area (Å²) in [6, 6.07) is 1.86. The molecular weight excluding hydrogens is 270 g/mol. The number of aliphatic hydroxyl groups is 1. The summed E-state index contributed by atoms with van der Waals surface area (Å²) in [5, 5.41) is 13.7. The lowest BCUT2D eigenvalue weighted by Gasteiger charge is -2.19. The van der Waals surface area contributed by atoms with Crippen molar-refractivity contribution in [3.8, 4) is 11.8 Å². The van der Waals surface area contributed by atoms with E-state index in [2.05, 4.69) is 31.0 Å².